The number of carbonyl (C=O) groups excluding carboxylic acids is 2. The van der Waals surface area contributed by atoms with Crippen molar-refractivity contribution in [1.29, 1.82) is 0 Å². The molecule has 102 valence electrons. The topological polar surface area (TPSA) is 46.2 Å². The van der Waals surface area contributed by atoms with Crippen LogP contribution in [-0.2, 0) is 9.59 Å². The first-order valence-electron chi connectivity index (χ1n) is 6.93. The SMILES string of the molecule is CCCC1C(=O)NC(=O)CC1c1ccc(C)cc1C. The number of hydrogen-bond donors (Lipinski definition) is 1. The molecule has 1 heterocycles. The number of aryl methyl sites for hydroxylation is 2. The molecule has 1 aromatic carbocycles. The quantitative estimate of drug-likeness (QED) is 0.848. The third-order valence-electron chi connectivity index (χ3n) is 3.91. The van der Waals surface area contributed by atoms with Crippen LogP contribution in [0.15, 0.2) is 18.2 Å². The predicted molar refractivity (Wildman–Crippen MR) is 74.8 cm³/mol. The van der Waals surface area contributed by atoms with Gasteiger partial charge in [0.25, 0.3) is 0 Å². The van der Waals surface area contributed by atoms with Gasteiger partial charge < -0.3 is 0 Å². The summed E-state index contributed by atoms with van der Waals surface area (Å²) in [6.07, 6.45) is 2.20. The first kappa shape index (κ1) is 13.8. The molecule has 1 saturated heterocycles. The van der Waals surface area contributed by atoms with Crippen molar-refractivity contribution in [3.05, 3.63) is 34.9 Å². The maximum atomic E-state index is 12.0. The molecule has 2 amide bonds. The molecule has 1 aromatic rings. The minimum Gasteiger partial charge on any atom is -0.296 e. The number of nitrogens with one attached hydrogen (secondary N) is 1. The predicted octanol–water partition coefficient (Wildman–Crippen LogP) is 2.85. The maximum Gasteiger partial charge on any atom is 0.230 e. The van der Waals surface area contributed by atoms with Crippen LogP contribution in [0.4, 0.5) is 0 Å². The Hall–Kier alpha value is -1.64. The van der Waals surface area contributed by atoms with Crippen molar-refractivity contribution in [2.45, 2.75) is 46.0 Å². The largest absolute Gasteiger partial charge is 0.296 e. The van der Waals surface area contributed by atoms with E-state index in [9.17, 15) is 9.59 Å². The molecule has 0 aromatic heterocycles. The van der Waals surface area contributed by atoms with E-state index in [-0.39, 0.29) is 23.7 Å². The van der Waals surface area contributed by atoms with E-state index >= 15 is 0 Å². The Labute approximate surface area is 114 Å². The number of imide groups is 1. The highest BCUT2D eigenvalue weighted by Gasteiger charge is 2.36. The highest BCUT2D eigenvalue weighted by molar-refractivity contribution is 5.99. The van der Waals surface area contributed by atoms with E-state index in [1.807, 2.05) is 0 Å². The summed E-state index contributed by atoms with van der Waals surface area (Å²) in [6, 6.07) is 6.25. The van der Waals surface area contributed by atoms with Crippen molar-refractivity contribution in [3.63, 3.8) is 0 Å². The van der Waals surface area contributed by atoms with E-state index in [0.717, 1.165) is 18.4 Å². The van der Waals surface area contributed by atoms with Gasteiger partial charge in [0.1, 0.15) is 0 Å². The van der Waals surface area contributed by atoms with Crippen LogP contribution in [0, 0.1) is 19.8 Å². The Kier molecular flexibility index (Phi) is 4.03. The van der Waals surface area contributed by atoms with Crippen molar-refractivity contribution in [1.82, 2.24) is 5.32 Å². The number of benzene rings is 1. The van der Waals surface area contributed by atoms with Crippen LogP contribution < -0.4 is 5.32 Å². The van der Waals surface area contributed by atoms with Crippen molar-refractivity contribution >= 4 is 11.8 Å². The minimum absolute atomic E-state index is 0.0294. The molecule has 3 heteroatoms. The molecule has 19 heavy (non-hydrogen) atoms. The van der Waals surface area contributed by atoms with Gasteiger partial charge >= 0.3 is 0 Å². The standard InChI is InChI=1S/C16H21NO2/c1-4-5-13-14(9-15(18)17-16(13)19)12-7-6-10(2)8-11(12)3/h6-8,13-14H,4-5,9H2,1-3H3,(H,17,18,19). The molecule has 2 unspecified atom stereocenters. The van der Waals surface area contributed by atoms with E-state index in [0.29, 0.717) is 6.42 Å². The van der Waals surface area contributed by atoms with E-state index in [2.05, 4.69) is 44.3 Å². The molecule has 3 nitrogen and oxygen atoms in total. The molecule has 0 spiro atoms. The monoisotopic (exact) mass is 259 g/mol. The van der Waals surface area contributed by atoms with E-state index in [4.69, 9.17) is 0 Å². The first-order valence-corrected chi connectivity index (χ1v) is 6.93. The van der Waals surface area contributed by atoms with Gasteiger partial charge in [0.05, 0.1) is 0 Å². The smallest absolute Gasteiger partial charge is 0.230 e. The molecule has 2 rings (SSSR count). The van der Waals surface area contributed by atoms with Gasteiger partial charge in [-0.3, -0.25) is 14.9 Å². The Morgan fingerprint density at radius 2 is 2.00 bits per heavy atom. The van der Waals surface area contributed by atoms with Gasteiger partial charge in [-0.25, -0.2) is 0 Å². The molecule has 0 saturated carbocycles. The van der Waals surface area contributed by atoms with Gasteiger partial charge in [-0.2, -0.15) is 0 Å². The molecule has 1 fully saturated rings. The van der Waals surface area contributed by atoms with Gasteiger partial charge in [-0.15, -0.1) is 0 Å². The highest BCUT2D eigenvalue weighted by Crippen LogP contribution is 2.36. The molecular formula is C16H21NO2. The van der Waals surface area contributed by atoms with Gasteiger partial charge in [0, 0.05) is 18.3 Å². The average Bonchev–Trinajstić information content (AvgIpc) is 2.32. The van der Waals surface area contributed by atoms with Crippen molar-refractivity contribution in [2.75, 3.05) is 0 Å². The molecule has 1 N–H and O–H groups in total. The zero-order valence-corrected chi connectivity index (χ0v) is 11.8. The van der Waals surface area contributed by atoms with Crippen LogP contribution in [0.5, 0.6) is 0 Å². The Bertz CT molecular complexity index is 507. The summed E-state index contributed by atoms with van der Waals surface area (Å²) in [5.74, 6) is -0.309. The molecular weight excluding hydrogens is 238 g/mol. The second-order valence-corrected chi connectivity index (χ2v) is 5.48. The fourth-order valence-corrected chi connectivity index (χ4v) is 3.02. The van der Waals surface area contributed by atoms with E-state index in [1.54, 1.807) is 0 Å². The third kappa shape index (κ3) is 2.86. The summed E-state index contributed by atoms with van der Waals surface area (Å²) in [4.78, 5) is 23.7. The van der Waals surface area contributed by atoms with Crippen LogP contribution in [0.1, 0.15) is 48.8 Å². The van der Waals surface area contributed by atoms with Gasteiger partial charge in [0.15, 0.2) is 0 Å². The molecule has 1 aliphatic rings. The summed E-state index contributed by atoms with van der Waals surface area (Å²) in [7, 11) is 0. The summed E-state index contributed by atoms with van der Waals surface area (Å²) >= 11 is 0. The molecule has 2 atom stereocenters. The minimum atomic E-state index is -0.151. The summed E-state index contributed by atoms with van der Waals surface area (Å²) in [5.41, 5.74) is 3.53. The summed E-state index contributed by atoms with van der Waals surface area (Å²) in [5, 5.41) is 2.47. The van der Waals surface area contributed by atoms with E-state index in [1.165, 1.54) is 11.1 Å². The summed E-state index contributed by atoms with van der Waals surface area (Å²) < 4.78 is 0. The number of rotatable bonds is 3. The normalized spacial score (nSPS) is 23.3. The molecule has 0 radical (unpaired) electrons. The second-order valence-electron chi connectivity index (χ2n) is 5.48. The van der Waals surface area contributed by atoms with Crippen LogP contribution >= 0.6 is 0 Å². The van der Waals surface area contributed by atoms with Crippen molar-refractivity contribution < 1.29 is 9.59 Å². The molecule has 1 aliphatic heterocycles. The second kappa shape index (κ2) is 5.55. The van der Waals surface area contributed by atoms with Crippen LogP contribution in [-0.4, -0.2) is 11.8 Å². The fourth-order valence-electron chi connectivity index (χ4n) is 3.02. The lowest BCUT2D eigenvalue weighted by Crippen LogP contribution is -2.44. The lowest BCUT2D eigenvalue weighted by atomic mass is 9.76. The van der Waals surface area contributed by atoms with Crippen molar-refractivity contribution in [2.24, 2.45) is 5.92 Å². The maximum absolute atomic E-state index is 12.0. The zero-order chi connectivity index (χ0) is 14.0. The van der Waals surface area contributed by atoms with Gasteiger partial charge in [0.2, 0.25) is 11.8 Å². The molecule has 0 aliphatic carbocycles. The van der Waals surface area contributed by atoms with Crippen LogP contribution in [0.3, 0.4) is 0 Å². The first-order chi connectivity index (χ1) is 9.02. The number of amides is 2. The lowest BCUT2D eigenvalue weighted by Gasteiger charge is -2.31. The number of carbonyl (C=O) groups is 2. The highest BCUT2D eigenvalue weighted by atomic mass is 16.2. The van der Waals surface area contributed by atoms with Crippen LogP contribution in [0.25, 0.3) is 0 Å². The third-order valence-corrected chi connectivity index (χ3v) is 3.91. The fraction of sp³-hybridized carbons (Fsp3) is 0.500. The average molecular weight is 259 g/mol. The lowest BCUT2D eigenvalue weighted by molar-refractivity contribution is -0.137. The number of hydrogen-bond acceptors (Lipinski definition) is 2. The number of piperidine rings is 1. The zero-order valence-electron chi connectivity index (χ0n) is 11.8. The summed E-state index contributed by atoms with van der Waals surface area (Å²) in [6.45, 7) is 6.18. The van der Waals surface area contributed by atoms with Gasteiger partial charge in [-0.05, 0) is 31.4 Å². The Morgan fingerprint density at radius 3 is 2.63 bits per heavy atom. The van der Waals surface area contributed by atoms with Crippen molar-refractivity contribution in [3.8, 4) is 0 Å². The van der Waals surface area contributed by atoms with Crippen LogP contribution in [0.2, 0.25) is 0 Å². The Morgan fingerprint density at radius 1 is 1.26 bits per heavy atom. The molecule has 0 bridgehead atoms. The van der Waals surface area contributed by atoms with Gasteiger partial charge in [-0.1, -0.05) is 37.1 Å². The Balaban J connectivity index is 2.37. The van der Waals surface area contributed by atoms with E-state index < -0.39 is 0 Å².